The van der Waals surface area contributed by atoms with Gasteiger partial charge in [-0.25, -0.2) is 0 Å². The summed E-state index contributed by atoms with van der Waals surface area (Å²) in [5.74, 6) is 4.22. The van der Waals surface area contributed by atoms with E-state index in [2.05, 4.69) is 6.92 Å². The Kier molecular flexibility index (Phi) is 0.563. The van der Waals surface area contributed by atoms with Crippen molar-refractivity contribution in [1.82, 2.24) is 0 Å². The molecule has 0 amide bonds. The summed E-state index contributed by atoms with van der Waals surface area (Å²) in [6.45, 7) is 2.31. The van der Waals surface area contributed by atoms with Crippen molar-refractivity contribution in [2.75, 3.05) is 0 Å². The van der Waals surface area contributed by atoms with Gasteiger partial charge in [0, 0.05) is 0 Å². The second kappa shape index (κ2) is 1.07. The van der Waals surface area contributed by atoms with E-state index in [1.54, 1.807) is 0 Å². The van der Waals surface area contributed by atoms with Gasteiger partial charge < -0.3 is 5.11 Å². The fourth-order valence-electron chi connectivity index (χ4n) is 3.51. The molecule has 0 aliphatic heterocycles. The standard InChI is InChI=1S/C8H12O/c1-3-4-2-5-6(3)7(5)8(4)9/h3-9H,2H2,1H3/t3-,4-,5+,6-,7+,8-/m0/s1. The Bertz CT molecular complexity index is 146. The molecular formula is C8H12O. The Morgan fingerprint density at radius 3 is 2.11 bits per heavy atom. The van der Waals surface area contributed by atoms with Crippen LogP contribution in [0.5, 0.6) is 0 Å². The lowest BCUT2D eigenvalue weighted by atomic mass is 10.00. The largest absolute Gasteiger partial charge is 0.393 e. The van der Waals surface area contributed by atoms with Gasteiger partial charge in [0.1, 0.15) is 0 Å². The number of hydrogen-bond acceptors (Lipinski definition) is 1. The van der Waals surface area contributed by atoms with E-state index in [4.69, 9.17) is 0 Å². The highest BCUT2D eigenvalue weighted by Gasteiger charge is 2.71. The molecule has 9 heavy (non-hydrogen) atoms. The SMILES string of the molecule is C[C@H]1[C@@H]2C[C@H]3[C@@H]([C@H]2O)[C@@H]13. The molecule has 4 aliphatic carbocycles. The Morgan fingerprint density at radius 2 is 2.00 bits per heavy atom. The lowest BCUT2D eigenvalue weighted by Crippen LogP contribution is -2.13. The molecule has 50 valence electrons. The van der Waals surface area contributed by atoms with Gasteiger partial charge in [0.05, 0.1) is 6.10 Å². The monoisotopic (exact) mass is 124 g/mol. The van der Waals surface area contributed by atoms with Crippen LogP contribution in [0, 0.1) is 29.6 Å². The highest BCUT2D eigenvalue weighted by Crippen LogP contribution is 2.72. The van der Waals surface area contributed by atoms with Gasteiger partial charge in [-0.2, -0.15) is 0 Å². The van der Waals surface area contributed by atoms with Crippen molar-refractivity contribution in [2.45, 2.75) is 19.4 Å². The molecule has 1 nitrogen and oxygen atoms in total. The van der Waals surface area contributed by atoms with Crippen molar-refractivity contribution < 1.29 is 5.11 Å². The predicted octanol–water partition coefficient (Wildman–Crippen LogP) is 0.879. The van der Waals surface area contributed by atoms with E-state index in [0.717, 1.165) is 23.7 Å². The van der Waals surface area contributed by atoms with Gasteiger partial charge in [-0.15, -0.1) is 0 Å². The van der Waals surface area contributed by atoms with Crippen LogP contribution in [0.15, 0.2) is 0 Å². The van der Waals surface area contributed by atoms with Crippen LogP contribution in [0.3, 0.4) is 0 Å². The highest BCUT2D eigenvalue weighted by molar-refractivity contribution is 5.19. The van der Waals surface area contributed by atoms with Gasteiger partial charge in [-0.1, -0.05) is 6.92 Å². The van der Waals surface area contributed by atoms with Crippen LogP contribution in [0.2, 0.25) is 0 Å². The van der Waals surface area contributed by atoms with Crippen LogP contribution >= 0.6 is 0 Å². The smallest absolute Gasteiger partial charge is 0.0604 e. The van der Waals surface area contributed by atoms with Crippen molar-refractivity contribution in [1.29, 1.82) is 0 Å². The fourth-order valence-corrected chi connectivity index (χ4v) is 3.51. The maximum Gasteiger partial charge on any atom is 0.0604 e. The lowest BCUT2D eigenvalue weighted by molar-refractivity contribution is 0.124. The molecule has 4 bridgehead atoms. The molecule has 4 rings (SSSR count). The van der Waals surface area contributed by atoms with Gasteiger partial charge in [0.15, 0.2) is 0 Å². The number of aliphatic hydroxyl groups excluding tert-OH is 1. The normalized spacial score (nSPS) is 75.3. The summed E-state index contributed by atoms with van der Waals surface area (Å²) in [6, 6.07) is 0. The van der Waals surface area contributed by atoms with Gasteiger partial charge in [0.2, 0.25) is 0 Å². The molecule has 1 N–H and O–H groups in total. The average Bonchev–Trinajstić information content (AvgIpc) is 2.18. The molecule has 1 heteroatoms. The van der Waals surface area contributed by atoms with E-state index in [0.29, 0.717) is 5.92 Å². The van der Waals surface area contributed by atoms with Crippen molar-refractivity contribution in [2.24, 2.45) is 29.6 Å². The van der Waals surface area contributed by atoms with E-state index in [-0.39, 0.29) is 6.10 Å². The van der Waals surface area contributed by atoms with Crippen LogP contribution in [0.25, 0.3) is 0 Å². The molecule has 4 saturated carbocycles. The first-order valence-corrected chi connectivity index (χ1v) is 3.99. The van der Waals surface area contributed by atoms with Crippen LogP contribution in [-0.4, -0.2) is 11.2 Å². The summed E-state index contributed by atoms with van der Waals surface area (Å²) < 4.78 is 0. The van der Waals surface area contributed by atoms with Crippen LogP contribution in [0.1, 0.15) is 13.3 Å². The fraction of sp³-hybridized carbons (Fsp3) is 1.00. The van der Waals surface area contributed by atoms with Crippen LogP contribution in [-0.2, 0) is 0 Å². The zero-order chi connectivity index (χ0) is 6.17. The Hall–Kier alpha value is -0.0400. The molecule has 4 aliphatic rings. The molecule has 0 spiro atoms. The van der Waals surface area contributed by atoms with E-state index in [1.165, 1.54) is 6.42 Å². The summed E-state index contributed by atoms with van der Waals surface area (Å²) in [7, 11) is 0. The van der Waals surface area contributed by atoms with Crippen LogP contribution < -0.4 is 0 Å². The maximum atomic E-state index is 9.52. The quantitative estimate of drug-likeness (QED) is 0.508. The summed E-state index contributed by atoms with van der Waals surface area (Å²) >= 11 is 0. The minimum absolute atomic E-state index is 0.106. The van der Waals surface area contributed by atoms with Gasteiger partial charge in [0.25, 0.3) is 0 Å². The van der Waals surface area contributed by atoms with Gasteiger partial charge >= 0.3 is 0 Å². The summed E-state index contributed by atoms with van der Waals surface area (Å²) in [4.78, 5) is 0. The summed E-state index contributed by atoms with van der Waals surface area (Å²) in [5, 5.41) is 9.52. The predicted molar refractivity (Wildman–Crippen MR) is 33.7 cm³/mol. The molecule has 4 fully saturated rings. The molecule has 0 aromatic carbocycles. The van der Waals surface area contributed by atoms with Crippen molar-refractivity contribution in [3.8, 4) is 0 Å². The zero-order valence-corrected chi connectivity index (χ0v) is 5.62. The molecule has 0 aromatic heterocycles. The Balaban J connectivity index is 2.07. The molecule has 0 heterocycles. The number of aliphatic hydroxyl groups is 1. The van der Waals surface area contributed by atoms with Crippen molar-refractivity contribution >= 4 is 0 Å². The zero-order valence-electron chi connectivity index (χ0n) is 5.62. The van der Waals surface area contributed by atoms with Crippen molar-refractivity contribution in [3.63, 3.8) is 0 Å². The molecule has 0 aromatic rings. The number of rotatable bonds is 0. The Labute approximate surface area is 55.1 Å². The minimum atomic E-state index is 0.106. The minimum Gasteiger partial charge on any atom is -0.393 e. The lowest BCUT2D eigenvalue weighted by Gasteiger charge is -2.10. The van der Waals surface area contributed by atoms with Gasteiger partial charge in [-0.3, -0.25) is 0 Å². The number of hydrogen-bond donors (Lipinski definition) is 1. The van der Waals surface area contributed by atoms with E-state index in [9.17, 15) is 5.11 Å². The van der Waals surface area contributed by atoms with Gasteiger partial charge in [-0.05, 0) is 36.0 Å². The second-order valence-corrected chi connectivity index (χ2v) is 4.07. The van der Waals surface area contributed by atoms with E-state index >= 15 is 0 Å². The molecular weight excluding hydrogens is 112 g/mol. The van der Waals surface area contributed by atoms with Crippen molar-refractivity contribution in [3.05, 3.63) is 0 Å². The first kappa shape index (κ1) is 4.73. The molecule has 0 unspecified atom stereocenters. The Morgan fingerprint density at radius 1 is 1.22 bits per heavy atom. The second-order valence-electron chi connectivity index (χ2n) is 4.07. The topological polar surface area (TPSA) is 20.2 Å². The third-order valence-electron chi connectivity index (χ3n) is 3.95. The van der Waals surface area contributed by atoms with Crippen LogP contribution in [0.4, 0.5) is 0 Å². The average molecular weight is 124 g/mol. The first-order chi connectivity index (χ1) is 4.30. The molecule has 0 radical (unpaired) electrons. The van der Waals surface area contributed by atoms with E-state index in [1.807, 2.05) is 0 Å². The third kappa shape index (κ3) is 0.315. The van der Waals surface area contributed by atoms with E-state index < -0.39 is 0 Å². The summed E-state index contributed by atoms with van der Waals surface area (Å²) in [5.41, 5.74) is 0. The molecule has 0 saturated heterocycles. The molecule has 6 atom stereocenters. The summed E-state index contributed by atoms with van der Waals surface area (Å²) in [6.07, 6.45) is 1.45. The highest BCUT2D eigenvalue weighted by atomic mass is 16.3. The third-order valence-corrected chi connectivity index (χ3v) is 3.95. The maximum absolute atomic E-state index is 9.52. The first-order valence-electron chi connectivity index (χ1n) is 3.99.